The van der Waals surface area contributed by atoms with E-state index in [2.05, 4.69) is 15.9 Å². The summed E-state index contributed by atoms with van der Waals surface area (Å²) in [5.74, 6) is 0.463. The van der Waals surface area contributed by atoms with E-state index < -0.39 is 0 Å². The van der Waals surface area contributed by atoms with Gasteiger partial charge in [0.15, 0.2) is 0 Å². The van der Waals surface area contributed by atoms with Gasteiger partial charge < -0.3 is 9.80 Å². The number of carbonyl (C=O) groups is 2. The Kier molecular flexibility index (Phi) is 4.81. The Hall–Kier alpha value is -1.36. The maximum atomic E-state index is 12.5. The Morgan fingerprint density at radius 1 is 1.00 bits per heavy atom. The molecule has 2 fully saturated rings. The Labute approximate surface area is 139 Å². The van der Waals surface area contributed by atoms with Crippen LogP contribution in [-0.4, -0.2) is 47.8 Å². The summed E-state index contributed by atoms with van der Waals surface area (Å²) in [6.07, 6.45) is 3.84. The number of nitrogens with zero attached hydrogens (tertiary/aromatic N) is 2. The molecule has 0 bridgehead atoms. The van der Waals surface area contributed by atoms with Crippen molar-refractivity contribution in [3.05, 3.63) is 34.3 Å². The van der Waals surface area contributed by atoms with Crippen LogP contribution in [0.2, 0.25) is 0 Å². The molecule has 1 aromatic rings. The van der Waals surface area contributed by atoms with E-state index in [1.165, 1.54) is 0 Å². The molecule has 2 aliphatic heterocycles. The number of likely N-dealkylation sites (tertiary alicyclic amines) is 2. The summed E-state index contributed by atoms with van der Waals surface area (Å²) in [5, 5.41) is 0. The summed E-state index contributed by atoms with van der Waals surface area (Å²) in [6, 6.07) is 7.48. The van der Waals surface area contributed by atoms with E-state index in [9.17, 15) is 9.59 Å². The van der Waals surface area contributed by atoms with Crippen molar-refractivity contribution in [2.45, 2.75) is 25.7 Å². The number of hydrogen-bond donors (Lipinski definition) is 0. The number of carbonyl (C=O) groups excluding carboxylic acids is 2. The van der Waals surface area contributed by atoms with E-state index in [4.69, 9.17) is 0 Å². The van der Waals surface area contributed by atoms with Crippen LogP contribution in [0.4, 0.5) is 0 Å². The zero-order valence-corrected chi connectivity index (χ0v) is 14.2. The molecule has 1 aromatic carbocycles. The molecule has 118 valence electrons. The van der Waals surface area contributed by atoms with E-state index in [0.29, 0.717) is 24.6 Å². The van der Waals surface area contributed by atoms with Crippen LogP contribution in [0.1, 0.15) is 36.0 Å². The highest BCUT2D eigenvalue weighted by atomic mass is 79.9. The molecular formula is C17H21BrN2O2. The molecule has 2 amide bonds. The van der Waals surface area contributed by atoms with Gasteiger partial charge in [-0.3, -0.25) is 9.59 Å². The quantitative estimate of drug-likeness (QED) is 0.809. The summed E-state index contributed by atoms with van der Waals surface area (Å²) in [4.78, 5) is 28.8. The van der Waals surface area contributed by atoms with Gasteiger partial charge in [-0.05, 0) is 43.9 Å². The second-order valence-electron chi connectivity index (χ2n) is 6.11. The molecule has 5 heteroatoms. The minimum absolute atomic E-state index is 0.0633. The van der Waals surface area contributed by atoms with E-state index in [0.717, 1.165) is 43.2 Å². The topological polar surface area (TPSA) is 40.6 Å². The number of rotatable bonds is 2. The van der Waals surface area contributed by atoms with Gasteiger partial charge in [0.1, 0.15) is 0 Å². The molecule has 2 heterocycles. The van der Waals surface area contributed by atoms with Crippen molar-refractivity contribution < 1.29 is 9.59 Å². The lowest BCUT2D eigenvalue weighted by atomic mass is 9.95. The molecule has 2 saturated heterocycles. The van der Waals surface area contributed by atoms with Crippen LogP contribution in [0.5, 0.6) is 0 Å². The van der Waals surface area contributed by atoms with Gasteiger partial charge in [0.25, 0.3) is 5.91 Å². The van der Waals surface area contributed by atoms with E-state index in [1.54, 1.807) is 0 Å². The third-order valence-electron chi connectivity index (χ3n) is 4.62. The van der Waals surface area contributed by atoms with Gasteiger partial charge >= 0.3 is 0 Å². The second kappa shape index (κ2) is 6.82. The monoisotopic (exact) mass is 364 g/mol. The van der Waals surface area contributed by atoms with Gasteiger partial charge in [-0.15, -0.1) is 0 Å². The highest BCUT2D eigenvalue weighted by Gasteiger charge is 2.31. The summed E-state index contributed by atoms with van der Waals surface area (Å²) in [5.41, 5.74) is 0.707. The lowest BCUT2D eigenvalue weighted by Gasteiger charge is -2.33. The number of piperidine rings is 1. The largest absolute Gasteiger partial charge is 0.342 e. The Balaban J connectivity index is 1.57. The zero-order valence-electron chi connectivity index (χ0n) is 12.6. The standard InChI is InChI=1S/C17H21BrN2O2/c18-15-5-3-4-14(12-15)17(22)20-10-6-13(7-11-20)16(21)19-8-1-2-9-19/h3-5,12-13H,1-2,6-11H2. The molecule has 0 radical (unpaired) electrons. The maximum Gasteiger partial charge on any atom is 0.253 e. The first kappa shape index (κ1) is 15.5. The number of benzene rings is 1. The van der Waals surface area contributed by atoms with Crippen LogP contribution >= 0.6 is 15.9 Å². The van der Waals surface area contributed by atoms with E-state index >= 15 is 0 Å². The third kappa shape index (κ3) is 3.35. The van der Waals surface area contributed by atoms with Crippen molar-refractivity contribution in [3.8, 4) is 0 Å². The first-order valence-electron chi connectivity index (χ1n) is 7.99. The highest BCUT2D eigenvalue weighted by Crippen LogP contribution is 2.23. The van der Waals surface area contributed by atoms with Gasteiger partial charge in [-0.1, -0.05) is 22.0 Å². The molecule has 2 aliphatic rings. The van der Waals surface area contributed by atoms with Gasteiger partial charge in [0, 0.05) is 42.1 Å². The van der Waals surface area contributed by atoms with Crippen molar-refractivity contribution in [1.29, 1.82) is 0 Å². The first-order valence-corrected chi connectivity index (χ1v) is 8.78. The molecule has 0 aliphatic carbocycles. The number of halogens is 1. The zero-order chi connectivity index (χ0) is 15.5. The van der Waals surface area contributed by atoms with Gasteiger partial charge in [-0.2, -0.15) is 0 Å². The van der Waals surface area contributed by atoms with Gasteiger partial charge in [-0.25, -0.2) is 0 Å². The molecule has 0 N–H and O–H groups in total. The van der Waals surface area contributed by atoms with Gasteiger partial charge in [0.05, 0.1) is 0 Å². The van der Waals surface area contributed by atoms with Crippen LogP contribution < -0.4 is 0 Å². The second-order valence-corrected chi connectivity index (χ2v) is 7.02. The predicted octanol–water partition coefficient (Wildman–Crippen LogP) is 2.92. The molecule has 3 rings (SSSR count). The fourth-order valence-electron chi connectivity index (χ4n) is 3.33. The summed E-state index contributed by atoms with van der Waals surface area (Å²) >= 11 is 3.40. The predicted molar refractivity (Wildman–Crippen MR) is 88.6 cm³/mol. The highest BCUT2D eigenvalue weighted by molar-refractivity contribution is 9.10. The number of hydrogen-bond acceptors (Lipinski definition) is 2. The normalized spacial score (nSPS) is 19.5. The van der Waals surface area contributed by atoms with Crippen LogP contribution in [-0.2, 0) is 4.79 Å². The molecule has 0 atom stereocenters. The maximum absolute atomic E-state index is 12.5. The van der Waals surface area contributed by atoms with E-state index in [-0.39, 0.29) is 11.8 Å². The van der Waals surface area contributed by atoms with Crippen LogP contribution in [0.3, 0.4) is 0 Å². The summed E-state index contributed by atoms with van der Waals surface area (Å²) in [6.45, 7) is 3.18. The minimum atomic E-state index is 0.0633. The Morgan fingerprint density at radius 3 is 2.32 bits per heavy atom. The molecular weight excluding hydrogens is 344 g/mol. The average molecular weight is 365 g/mol. The van der Waals surface area contributed by atoms with Crippen molar-refractivity contribution in [1.82, 2.24) is 9.80 Å². The Bertz CT molecular complexity index is 562. The summed E-state index contributed by atoms with van der Waals surface area (Å²) in [7, 11) is 0. The van der Waals surface area contributed by atoms with Crippen molar-refractivity contribution in [2.24, 2.45) is 5.92 Å². The smallest absolute Gasteiger partial charge is 0.253 e. The molecule has 0 spiro atoms. The van der Waals surface area contributed by atoms with Crippen molar-refractivity contribution in [3.63, 3.8) is 0 Å². The minimum Gasteiger partial charge on any atom is -0.342 e. The first-order chi connectivity index (χ1) is 10.6. The molecule has 0 saturated carbocycles. The third-order valence-corrected chi connectivity index (χ3v) is 5.11. The lowest BCUT2D eigenvalue weighted by molar-refractivity contribution is -0.135. The van der Waals surface area contributed by atoms with Gasteiger partial charge in [0.2, 0.25) is 5.91 Å². The van der Waals surface area contributed by atoms with Crippen molar-refractivity contribution >= 4 is 27.7 Å². The Morgan fingerprint density at radius 2 is 1.68 bits per heavy atom. The SMILES string of the molecule is O=C(c1cccc(Br)c1)N1CCC(C(=O)N2CCCC2)CC1. The van der Waals surface area contributed by atoms with E-state index in [1.807, 2.05) is 34.1 Å². The fraction of sp³-hybridized carbons (Fsp3) is 0.529. The molecule has 22 heavy (non-hydrogen) atoms. The molecule has 4 nitrogen and oxygen atoms in total. The molecule has 0 aromatic heterocycles. The van der Waals surface area contributed by atoms with Crippen LogP contribution in [0.15, 0.2) is 28.7 Å². The van der Waals surface area contributed by atoms with Crippen LogP contribution in [0, 0.1) is 5.92 Å². The lowest BCUT2D eigenvalue weighted by Crippen LogP contribution is -2.43. The van der Waals surface area contributed by atoms with Crippen molar-refractivity contribution in [2.75, 3.05) is 26.2 Å². The number of amides is 2. The molecule has 0 unspecified atom stereocenters. The summed E-state index contributed by atoms with van der Waals surface area (Å²) < 4.78 is 0.914. The average Bonchev–Trinajstić information content (AvgIpc) is 3.08. The fourth-order valence-corrected chi connectivity index (χ4v) is 3.73. The van der Waals surface area contributed by atoms with Crippen LogP contribution in [0.25, 0.3) is 0 Å².